The number of unbranched alkanes of at least 4 members (excludes halogenated alkanes) is 3. The van der Waals surface area contributed by atoms with E-state index in [1.807, 2.05) is 56.3 Å². The number of hydrogen-bond donors (Lipinski definition) is 1. The van der Waals surface area contributed by atoms with Crippen molar-refractivity contribution in [3.63, 3.8) is 0 Å². The van der Waals surface area contributed by atoms with E-state index in [2.05, 4.69) is 34.1 Å². The van der Waals surface area contributed by atoms with Crippen LogP contribution >= 0.6 is 15.9 Å². The zero-order valence-electron chi connectivity index (χ0n) is 22.4. The number of para-hydroxylation sites is 1. The van der Waals surface area contributed by atoms with Gasteiger partial charge in [0.1, 0.15) is 5.75 Å². The highest BCUT2D eigenvalue weighted by atomic mass is 79.9. The molecule has 2 aromatic rings. The van der Waals surface area contributed by atoms with Gasteiger partial charge in [0.2, 0.25) is 0 Å². The smallest absolute Gasteiger partial charge is 0.338 e. The molecule has 0 aliphatic rings. The number of benzene rings is 2. The molecule has 0 amide bonds. The van der Waals surface area contributed by atoms with Crippen molar-refractivity contribution in [1.82, 2.24) is 0 Å². The summed E-state index contributed by atoms with van der Waals surface area (Å²) in [5.74, 6) is 0.932. The third-order valence-electron chi connectivity index (χ3n) is 6.10. The van der Waals surface area contributed by atoms with E-state index in [0.717, 1.165) is 68.2 Å². The standard InChI is InChI=1S/C31H43BrO5/c1-3-35-30(33)15-9-6-12-25(24-26-17-20-28(21-18-26)31(34)36-4-2)16-19-27-13-7-8-14-29(27)37-23-11-5-10-22-32/h7-8,13-14,16-21,25,30,33H,3-6,9-12,15,22-24H2,1-2H3/b19-16+. The van der Waals surface area contributed by atoms with Crippen LogP contribution in [-0.4, -0.2) is 42.5 Å². The normalized spacial score (nSPS) is 13.0. The summed E-state index contributed by atoms with van der Waals surface area (Å²) in [5.41, 5.74) is 2.83. The van der Waals surface area contributed by atoms with Gasteiger partial charge in [-0.1, -0.05) is 64.8 Å². The minimum atomic E-state index is -0.687. The molecule has 2 atom stereocenters. The lowest BCUT2D eigenvalue weighted by molar-refractivity contribution is -0.0994. The Morgan fingerprint density at radius 3 is 2.43 bits per heavy atom. The summed E-state index contributed by atoms with van der Waals surface area (Å²) in [6.07, 6.45) is 11.5. The summed E-state index contributed by atoms with van der Waals surface area (Å²) in [4.78, 5) is 12.0. The monoisotopic (exact) mass is 574 g/mol. The number of esters is 1. The number of aliphatic hydroxyl groups is 1. The van der Waals surface area contributed by atoms with Crippen molar-refractivity contribution in [2.24, 2.45) is 5.92 Å². The van der Waals surface area contributed by atoms with Gasteiger partial charge in [0.05, 0.1) is 18.8 Å². The Morgan fingerprint density at radius 2 is 1.70 bits per heavy atom. The van der Waals surface area contributed by atoms with E-state index in [-0.39, 0.29) is 5.97 Å². The lowest BCUT2D eigenvalue weighted by Crippen LogP contribution is -2.11. The fourth-order valence-electron chi connectivity index (χ4n) is 4.11. The minimum absolute atomic E-state index is 0.290. The molecule has 1 N–H and O–H groups in total. The van der Waals surface area contributed by atoms with Crippen molar-refractivity contribution >= 4 is 28.0 Å². The Kier molecular flexibility index (Phi) is 16.0. The largest absolute Gasteiger partial charge is 0.493 e. The van der Waals surface area contributed by atoms with Gasteiger partial charge >= 0.3 is 5.97 Å². The highest BCUT2D eigenvalue weighted by molar-refractivity contribution is 9.09. The van der Waals surface area contributed by atoms with Gasteiger partial charge in [0.15, 0.2) is 6.29 Å². The number of halogens is 1. The molecule has 37 heavy (non-hydrogen) atoms. The van der Waals surface area contributed by atoms with Gasteiger partial charge in [-0.15, -0.1) is 0 Å². The first-order valence-electron chi connectivity index (χ1n) is 13.6. The van der Waals surface area contributed by atoms with E-state index in [1.165, 1.54) is 5.56 Å². The van der Waals surface area contributed by atoms with Crippen LogP contribution in [-0.2, 0) is 15.9 Å². The highest BCUT2D eigenvalue weighted by Crippen LogP contribution is 2.24. The van der Waals surface area contributed by atoms with Gasteiger partial charge in [0.25, 0.3) is 0 Å². The number of hydrogen-bond acceptors (Lipinski definition) is 5. The molecule has 0 aliphatic heterocycles. The molecule has 0 aliphatic carbocycles. The topological polar surface area (TPSA) is 65.0 Å². The first-order chi connectivity index (χ1) is 18.1. The van der Waals surface area contributed by atoms with Crippen molar-refractivity contribution in [1.29, 1.82) is 0 Å². The number of carbonyl (C=O) groups is 1. The van der Waals surface area contributed by atoms with E-state index >= 15 is 0 Å². The fourth-order valence-corrected chi connectivity index (χ4v) is 4.50. The Labute approximate surface area is 231 Å². The zero-order chi connectivity index (χ0) is 26.7. The van der Waals surface area contributed by atoms with Crippen molar-refractivity contribution < 1.29 is 24.1 Å². The van der Waals surface area contributed by atoms with Crippen molar-refractivity contribution in [3.05, 3.63) is 71.3 Å². The molecule has 0 aromatic heterocycles. The molecule has 5 nitrogen and oxygen atoms in total. The Bertz CT molecular complexity index is 912. The van der Waals surface area contributed by atoms with Crippen molar-refractivity contribution in [2.75, 3.05) is 25.2 Å². The van der Waals surface area contributed by atoms with Gasteiger partial charge in [-0.3, -0.25) is 0 Å². The molecule has 0 saturated heterocycles. The third-order valence-corrected chi connectivity index (χ3v) is 6.66. The first-order valence-corrected chi connectivity index (χ1v) is 14.7. The molecule has 0 heterocycles. The first kappa shape index (κ1) is 31.1. The maximum Gasteiger partial charge on any atom is 0.338 e. The molecule has 0 fully saturated rings. The van der Waals surface area contributed by atoms with E-state index in [1.54, 1.807) is 0 Å². The van der Waals surface area contributed by atoms with Crippen LogP contribution in [0.2, 0.25) is 0 Å². The summed E-state index contributed by atoms with van der Waals surface area (Å²) < 4.78 is 16.4. The summed E-state index contributed by atoms with van der Waals surface area (Å²) in [5, 5.41) is 10.9. The number of ether oxygens (including phenoxy) is 3. The molecular weight excluding hydrogens is 532 g/mol. The molecule has 6 heteroatoms. The van der Waals surface area contributed by atoms with E-state index in [9.17, 15) is 9.90 Å². The Hall–Kier alpha value is -2.15. The lowest BCUT2D eigenvalue weighted by Gasteiger charge is -2.15. The summed E-state index contributed by atoms with van der Waals surface area (Å²) in [7, 11) is 0. The fraction of sp³-hybridized carbons (Fsp3) is 0.516. The van der Waals surface area contributed by atoms with Crippen LogP contribution in [0.15, 0.2) is 54.6 Å². The average Bonchev–Trinajstić information content (AvgIpc) is 2.90. The van der Waals surface area contributed by atoms with Crippen LogP contribution in [0.25, 0.3) is 6.08 Å². The number of carbonyl (C=O) groups excluding carboxylic acids is 1. The number of rotatable bonds is 19. The Morgan fingerprint density at radius 1 is 0.946 bits per heavy atom. The number of aliphatic hydroxyl groups excluding tert-OH is 1. The van der Waals surface area contributed by atoms with E-state index in [4.69, 9.17) is 14.2 Å². The predicted octanol–water partition coefficient (Wildman–Crippen LogP) is 7.59. The molecule has 2 aromatic carbocycles. The van der Waals surface area contributed by atoms with Gasteiger partial charge in [-0.05, 0) is 88.5 Å². The molecule has 204 valence electrons. The number of alkyl halides is 1. The van der Waals surface area contributed by atoms with Gasteiger partial charge in [-0.25, -0.2) is 4.79 Å². The molecule has 2 unspecified atom stereocenters. The predicted molar refractivity (Wildman–Crippen MR) is 154 cm³/mol. The van der Waals surface area contributed by atoms with Gasteiger partial charge in [-0.2, -0.15) is 0 Å². The summed E-state index contributed by atoms with van der Waals surface area (Å²) >= 11 is 3.48. The maximum atomic E-state index is 12.0. The van der Waals surface area contributed by atoms with Crippen LogP contribution < -0.4 is 4.74 Å². The quantitative estimate of drug-likeness (QED) is 0.0809. The number of allylic oxidation sites excluding steroid dienone is 1. The summed E-state index contributed by atoms with van der Waals surface area (Å²) in [6, 6.07) is 15.9. The van der Waals surface area contributed by atoms with Gasteiger partial charge < -0.3 is 19.3 Å². The SMILES string of the molecule is CCOC(=O)c1ccc(CC(/C=C/c2ccccc2OCCCCCBr)CCCCC(O)OCC)cc1. The van der Waals surface area contributed by atoms with Crippen molar-refractivity contribution in [2.45, 2.75) is 71.5 Å². The highest BCUT2D eigenvalue weighted by Gasteiger charge is 2.11. The average molecular weight is 576 g/mol. The summed E-state index contributed by atoms with van der Waals surface area (Å²) in [6.45, 7) is 5.31. The molecule has 0 spiro atoms. The second kappa shape index (κ2) is 19.0. The van der Waals surface area contributed by atoms with Crippen LogP contribution in [0.1, 0.15) is 80.3 Å². The van der Waals surface area contributed by atoms with Crippen LogP contribution in [0.5, 0.6) is 5.75 Å². The maximum absolute atomic E-state index is 12.0. The zero-order valence-corrected chi connectivity index (χ0v) is 24.0. The van der Waals surface area contributed by atoms with Crippen LogP contribution in [0, 0.1) is 5.92 Å². The van der Waals surface area contributed by atoms with Crippen LogP contribution in [0.3, 0.4) is 0 Å². The van der Waals surface area contributed by atoms with E-state index in [0.29, 0.717) is 31.1 Å². The molecule has 2 rings (SSSR count). The molecular formula is C31H43BrO5. The van der Waals surface area contributed by atoms with Gasteiger partial charge in [0, 0.05) is 17.5 Å². The van der Waals surface area contributed by atoms with E-state index < -0.39 is 6.29 Å². The third kappa shape index (κ3) is 12.8. The Balaban J connectivity index is 2.06. The van der Waals surface area contributed by atoms with Crippen LogP contribution in [0.4, 0.5) is 0 Å². The molecule has 0 radical (unpaired) electrons. The van der Waals surface area contributed by atoms with Crippen molar-refractivity contribution in [3.8, 4) is 5.75 Å². The second-order valence-electron chi connectivity index (χ2n) is 9.07. The lowest BCUT2D eigenvalue weighted by atomic mass is 9.92. The second-order valence-corrected chi connectivity index (χ2v) is 9.86. The molecule has 0 saturated carbocycles. The minimum Gasteiger partial charge on any atom is -0.493 e. The molecule has 0 bridgehead atoms.